The molecule has 3 N–H and O–H groups in total. The zero-order valence-corrected chi connectivity index (χ0v) is 20.2. The van der Waals surface area contributed by atoms with Gasteiger partial charge in [0.1, 0.15) is 28.7 Å². The van der Waals surface area contributed by atoms with E-state index in [1.165, 1.54) is 13.2 Å². The molecule has 0 unspecified atom stereocenters. The average molecular weight is 533 g/mol. The van der Waals surface area contributed by atoms with Crippen LogP contribution in [0.25, 0.3) is 0 Å². The molecule has 3 amide bonds. The van der Waals surface area contributed by atoms with Crippen molar-refractivity contribution in [3.8, 4) is 23.0 Å². The van der Waals surface area contributed by atoms with E-state index in [1.54, 1.807) is 54.6 Å². The van der Waals surface area contributed by atoms with E-state index in [-0.39, 0.29) is 11.6 Å². The molecular weight excluding hydrogens is 512 g/mol. The Morgan fingerprint density at radius 2 is 1.51 bits per heavy atom. The maximum Gasteiger partial charge on any atom is 0.323 e. The minimum atomic E-state index is -0.402. The maximum absolute atomic E-state index is 12.5. The highest BCUT2D eigenvalue weighted by Crippen LogP contribution is 2.30. The van der Waals surface area contributed by atoms with Crippen molar-refractivity contribution in [3.05, 3.63) is 101 Å². The van der Waals surface area contributed by atoms with Gasteiger partial charge in [-0.15, -0.1) is 0 Å². The quantitative estimate of drug-likeness (QED) is 0.254. The Morgan fingerprint density at radius 1 is 0.771 bits per heavy atom. The van der Waals surface area contributed by atoms with Crippen molar-refractivity contribution in [2.45, 2.75) is 0 Å². The number of para-hydroxylation sites is 1. The molecule has 1 heterocycles. The largest absolute Gasteiger partial charge is 0.457 e. The summed E-state index contributed by atoms with van der Waals surface area (Å²) in [5, 5.41) is 8.08. The molecule has 0 aliphatic rings. The van der Waals surface area contributed by atoms with E-state index in [9.17, 15) is 9.59 Å². The molecule has 0 atom stereocenters. The number of hydrogen-bond donors (Lipinski definition) is 3. The van der Waals surface area contributed by atoms with Crippen molar-refractivity contribution in [1.82, 2.24) is 10.3 Å². The molecule has 0 aliphatic carbocycles. The molecule has 8 nitrogen and oxygen atoms in total. The number of benzene rings is 3. The fourth-order valence-electron chi connectivity index (χ4n) is 3.05. The topological polar surface area (TPSA) is 102 Å². The van der Waals surface area contributed by atoms with Crippen LogP contribution in [0, 0.1) is 0 Å². The van der Waals surface area contributed by atoms with Gasteiger partial charge in [0.05, 0.1) is 4.47 Å². The van der Waals surface area contributed by atoms with Crippen molar-refractivity contribution in [2.75, 3.05) is 17.7 Å². The molecule has 0 fully saturated rings. The van der Waals surface area contributed by atoms with E-state index in [0.717, 1.165) is 4.47 Å². The number of nitrogens with one attached hydrogen (secondary N) is 3. The fourth-order valence-corrected chi connectivity index (χ4v) is 3.42. The molecule has 35 heavy (non-hydrogen) atoms. The molecule has 0 aliphatic heterocycles. The van der Waals surface area contributed by atoms with Crippen molar-refractivity contribution < 1.29 is 19.1 Å². The van der Waals surface area contributed by atoms with Gasteiger partial charge in [-0.05, 0) is 70.5 Å². The molecule has 9 heteroatoms. The third-order valence-corrected chi connectivity index (χ3v) is 5.35. The smallest absolute Gasteiger partial charge is 0.323 e. The third-order valence-electron chi connectivity index (χ3n) is 4.70. The van der Waals surface area contributed by atoms with Gasteiger partial charge >= 0.3 is 6.03 Å². The van der Waals surface area contributed by atoms with Gasteiger partial charge in [0.2, 0.25) is 0 Å². The van der Waals surface area contributed by atoms with Crippen molar-refractivity contribution in [3.63, 3.8) is 0 Å². The first-order valence-corrected chi connectivity index (χ1v) is 11.4. The second-order valence-corrected chi connectivity index (χ2v) is 8.08. The summed E-state index contributed by atoms with van der Waals surface area (Å²) in [7, 11) is 1.54. The fraction of sp³-hybridized carbons (Fsp3) is 0.0385. The van der Waals surface area contributed by atoms with Crippen molar-refractivity contribution in [2.24, 2.45) is 0 Å². The number of carbonyl (C=O) groups excluding carboxylic acids is 2. The first-order chi connectivity index (χ1) is 17.0. The summed E-state index contributed by atoms with van der Waals surface area (Å²) in [6.07, 6.45) is 1.50. The standard InChI is InChI=1S/C26H21BrN4O4/c1-28-25(32)23-16-21(13-14-29-23)34-19-11-9-17(10-12-19)30-26(33)31-18-5-4-6-20(15-18)35-24-8-3-2-7-22(24)27/h2-16H,1H3,(H,28,32)(H2,30,31,33). The zero-order valence-electron chi connectivity index (χ0n) is 18.6. The first-order valence-electron chi connectivity index (χ1n) is 10.6. The third kappa shape index (κ3) is 6.58. The predicted octanol–water partition coefficient (Wildman–Crippen LogP) is 6.43. The Labute approximate surface area is 210 Å². The summed E-state index contributed by atoms with van der Waals surface area (Å²) in [6, 6.07) is 24.3. The summed E-state index contributed by atoms with van der Waals surface area (Å²) in [5.74, 6) is 1.98. The summed E-state index contributed by atoms with van der Waals surface area (Å²) >= 11 is 3.45. The normalized spacial score (nSPS) is 10.2. The van der Waals surface area contributed by atoms with Crippen LogP contribution in [0.15, 0.2) is 95.6 Å². The maximum atomic E-state index is 12.5. The number of amides is 3. The molecule has 176 valence electrons. The van der Waals surface area contributed by atoms with Gasteiger partial charge in [-0.1, -0.05) is 18.2 Å². The van der Waals surface area contributed by atoms with Gasteiger partial charge in [-0.2, -0.15) is 0 Å². The summed E-state index contributed by atoms with van der Waals surface area (Å²) in [6.45, 7) is 0. The van der Waals surface area contributed by atoms with E-state index < -0.39 is 6.03 Å². The molecule has 0 spiro atoms. The monoisotopic (exact) mass is 532 g/mol. The number of aromatic nitrogens is 1. The van der Waals surface area contributed by atoms with E-state index in [2.05, 4.69) is 36.9 Å². The number of ether oxygens (including phenoxy) is 2. The van der Waals surface area contributed by atoms with Gasteiger partial charge in [0, 0.05) is 36.8 Å². The van der Waals surface area contributed by atoms with Crippen molar-refractivity contribution >= 4 is 39.2 Å². The zero-order chi connectivity index (χ0) is 24.6. The number of rotatable bonds is 7. The number of hydrogen-bond acceptors (Lipinski definition) is 5. The lowest BCUT2D eigenvalue weighted by molar-refractivity contribution is 0.0958. The van der Waals surface area contributed by atoms with Gasteiger partial charge in [0.15, 0.2) is 0 Å². The van der Waals surface area contributed by atoms with E-state index in [1.807, 2.05) is 30.3 Å². The number of nitrogens with zero attached hydrogens (tertiary/aromatic N) is 1. The number of halogens is 1. The molecular formula is C26H21BrN4O4. The van der Waals surface area contributed by atoms with Crippen molar-refractivity contribution in [1.29, 1.82) is 0 Å². The van der Waals surface area contributed by atoms with Crippen LogP contribution >= 0.6 is 15.9 Å². The van der Waals surface area contributed by atoms with Gasteiger partial charge in [-0.25, -0.2) is 4.79 Å². The lowest BCUT2D eigenvalue weighted by Gasteiger charge is -2.11. The number of carbonyl (C=O) groups is 2. The second-order valence-electron chi connectivity index (χ2n) is 7.22. The Bertz CT molecular complexity index is 1350. The molecule has 0 bridgehead atoms. The highest BCUT2D eigenvalue weighted by atomic mass is 79.9. The number of anilines is 2. The SMILES string of the molecule is CNC(=O)c1cc(Oc2ccc(NC(=O)Nc3cccc(Oc4ccccc4Br)c3)cc2)ccn1. The second kappa shape index (κ2) is 11.2. The average Bonchev–Trinajstić information content (AvgIpc) is 2.86. The van der Waals surface area contributed by atoms with Crippen LogP contribution in [0.3, 0.4) is 0 Å². The highest BCUT2D eigenvalue weighted by Gasteiger charge is 2.08. The Balaban J connectivity index is 1.34. The Kier molecular flexibility index (Phi) is 7.59. The van der Waals surface area contributed by atoms with Crippen LogP contribution in [-0.2, 0) is 0 Å². The van der Waals surface area contributed by atoms with Crippen LogP contribution in [0.4, 0.5) is 16.2 Å². The number of urea groups is 1. The molecule has 0 saturated heterocycles. The molecule has 0 saturated carbocycles. The first kappa shape index (κ1) is 23.8. The van der Waals surface area contributed by atoms with E-state index >= 15 is 0 Å². The predicted molar refractivity (Wildman–Crippen MR) is 137 cm³/mol. The summed E-state index contributed by atoms with van der Waals surface area (Å²) < 4.78 is 12.5. The lowest BCUT2D eigenvalue weighted by Crippen LogP contribution is -2.19. The van der Waals surface area contributed by atoms with Crippen LogP contribution in [0.2, 0.25) is 0 Å². The lowest BCUT2D eigenvalue weighted by atomic mass is 10.3. The van der Waals surface area contributed by atoms with Gasteiger partial charge in [-0.3, -0.25) is 9.78 Å². The van der Waals surface area contributed by atoms with Crippen LogP contribution in [0.1, 0.15) is 10.5 Å². The van der Waals surface area contributed by atoms with Crippen LogP contribution in [-0.4, -0.2) is 24.0 Å². The van der Waals surface area contributed by atoms with Gasteiger partial charge in [0.25, 0.3) is 5.91 Å². The minimum Gasteiger partial charge on any atom is -0.457 e. The van der Waals surface area contributed by atoms with Gasteiger partial charge < -0.3 is 25.4 Å². The van der Waals surface area contributed by atoms with E-state index in [4.69, 9.17) is 9.47 Å². The minimum absolute atomic E-state index is 0.255. The van der Waals surface area contributed by atoms with Crippen LogP contribution in [0.5, 0.6) is 23.0 Å². The molecule has 1 aromatic heterocycles. The van der Waals surface area contributed by atoms with E-state index in [0.29, 0.717) is 34.4 Å². The molecule has 4 aromatic rings. The summed E-state index contributed by atoms with van der Waals surface area (Å²) in [4.78, 5) is 28.2. The highest BCUT2D eigenvalue weighted by molar-refractivity contribution is 9.10. The Hall–Kier alpha value is -4.37. The Morgan fingerprint density at radius 3 is 2.29 bits per heavy atom. The molecule has 4 rings (SSSR count). The molecule has 0 radical (unpaired) electrons. The number of pyridine rings is 1. The van der Waals surface area contributed by atoms with Crippen LogP contribution < -0.4 is 25.4 Å². The molecule has 3 aromatic carbocycles. The summed E-state index contributed by atoms with van der Waals surface area (Å²) in [5.41, 5.74) is 1.42.